The standard InChI is InChI=1S/C11H20N2O3/c1-7-4-5-12-8(6-7)9(14)13-11(2,3)10(15)16/h7-8,12H,4-6H2,1-3H3,(H,13,14)(H,15,16). The number of aliphatic carboxylic acids is 1. The molecule has 1 aliphatic rings. The fourth-order valence-corrected chi connectivity index (χ4v) is 1.76. The normalized spacial score (nSPS) is 26.2. The summed E-state index contributed by atoms with van der Waals surface area (Å²) in [6.45, 7) is 5.88. The van der Waals surface area contributed by atoms with E-state index in [1.54, 1.807) is 0 Å². The van der Waals surface area contributed by atoms with Crippen LogP contribution < -0.4 is 10.6 Å². The number of carboxylic acids is 1. The first kappa shape index (κ1) is 13.0. The van der Waals surface area contributed by atoms with E-state index in [4.69, 9.17) is 5.11 Å². The topological polar surface area (TPSA) is 78.4 Å². The molecule has 1 saturated heterocycles. The number of hydrogen-bond acceptors (Lipinski definition) is 3. The summed E-state index contributed by atoms with van der Waals surface area (Å²) < 4.78 is 0. The van der Waals surface area contributed by atoms with Crippen LogP contribution in [0.5, 0.6) is 0 Å². The van der Waals surface area contributed by atoms with Crippen LogP contribution in [-0.2, 0) is 9.59 Å². The molecule has 1 rings (SSSR count). The molecule has 5 heteroatoms. The van der Waals surface area contributed by atoms with Gasteiger partial charge in [0.15, 0.2) is 0 Å². The third-order valence-electron chi connectivity index (χ3n) is 2.95. The van der Waals surface area contributed by atoms with Gasteiger partial charge >= 0.3 is 5.97 Å². The lowest BCUT2D eigenvalue weighted by Crippen LogP contribution is -2.57. The lowest BCUT2D eigenvalue weighted by Gasteiger charge is -2.30. The minimum atomic E-state index is -1.21. The highest BCUT2D eigenvalue weighted by molar-refractivity contribution is 5.89. The predicted octanol–water partition coefficient (Wildman–Crippen LogP) is 0.354. The van der Waals surface area contributed by atoms with E-state index in [1.807, 2.05) is 0 Å². The zero-order valence-corrected chi connectivity index (χ0v) is 10.0. The van der Waals surface area contributed by atoms with Crippen molar-refractivity contribution in [1.29, 1.82) is 0 Å². The van der Waals surface area contributed by atoms with E-state index >= 15 is 0 Å². The molecule has 92 valence electrons. The molecule has 2 atom stereocenters. The molecule has 0 radical (unpaired) electrons. The molecule has 2 unspecified atom stereocenters. The van der Waals surface area contributed by atoms with E-state index < -0.39 is 11.5 Å². The molecule has 0 aliphatic carbocycles. The minimum absolute atomic E-state index is 0.223. The van der Waals surface area contributed by atoms with Gasteiger partial charge in [-0.3, -0.25) is 4.79 Å². The Labute approximate surface area is 95.6 Å². The lowest BCUT2D eigenvalue weighted by molar-refractivity contribution is -0.146. The smallest absolute Gasteiger partial charge is 0.328 e. The highest BCUT2D eigenvalue weighted by Gasteiger charge is 2.33. The van der Waals surface area contributed by atoms with Gasteiger partial charge in [0, 0.05) is 0 Å². The number of piperidine rings is 1. The van der Waals surface area contributed by atoms with Crippen molar-refractivity contribution < 1.29 is 14.7 Å². The molecule has 5 nitrogen and oxygen atoms in total. The van der Waals surface area contributed by atoms with Crippen LogP contribution in [0, 0.1) is 5.92 Å². The van der Waals surface area contributed by atoms with Gasteiger partial charge in [-0.25, -0.2) is 4.79 Å². The number of amides is 1. The molecule has 0 spiro atoms. The van der Waals surface area contributed by atoms with Crippen LogP contribution in [0.1, 0.15) is 33.6 Å². The number of carbonyl (C=O) groups is 2. The fourth-order valence-electron chi connectivity index (χ4n) is 1.76. The zero-order valence-electron chi connectivity index (χ0n) is 10.0. The highest BCUT2D eigenvalue weighted by Crippen LogP contribution is 2.15. The van der Waals surface area contributed by atoms with E-state index in [-0.39, 0.29) is 11.9 Å². The maximum atomic E-state index is 11.8. The molecule has 1 aliphatic heterocycles. The Kier molecular flexibility index (Phi) is 3.91. The van der Waals surface area contributed by atoms with Gasteiger partial charge in [0.2, 0.25) is 5.91 Å². The maximum absolute atomic E-state index is 11.8. The number of rotatable bonds is 3. The summed E-state index contributed by atoms with van der Waals surface area (Å²) in [5.41, 5.74) is -1.21. The first-order valence-electron chi connectivity index (χ1n) is 5.61. The highest BCUT2D eigenvalue weighted by atomic mass is 16.4. The Bertz CT molecular complexity index is 289. The average Bonchev–Trinajstić information content (AvgIpc) is 2.16. The van der Waals surface area contributed by atoms with Crippen LogP contribution in [0.2, 0.25) is 0 Å². The molecular formula is C11H20N2O3. The molecule has 0 bridgehead atoms. The number of carbonyl (C=O) groups excluding carboxylic acids is 1. The Morgan fingerprint density at radius 2 is 2.06 bits per heavy atom. The van der Waals surface area contributed by atoms with E-state index in [1.165, 1.54) is 13.8 Å². The summed E-state index contributed by atoms with van der Waals surface area (Å²) in [4.78, 5) is 22.7. The zero-order chi connectivity index (χ0) is 12.3. The molecule has 0 aromatic heterocycles. The first-order chi connectivity index (χ1) is 7.33. The summed E-state index contributed by atoms with van der Waals surface area (Å²) in [6.07, 6.45) is 1.83. The van der Waals surface area contributed by atoms with Crippen LogP contribution in [0.15, 0.2) is 0 Å². The molecule has 0 saturated carbocycles. The van der Waals surface area contributed by atoms with Gasteiger partial charge in [-0.15, -0.1) is 0 Å². The van der Waals surface area contributed by atoms with E-state index in [0.29, 0.717) is 5.92 Å². The van der Waals surface area contributed by atoms with Crippen molar-refractivity contribution in [1.82, 2.24) is 10.6 Å². The van der Waals surface area contributed by atoms with Gasteiger partial charge in [0.25, 0.3) is 0 Å². The summed E-state index contributed by atoms with van der Waals surface area (Å²) in [5.74, 6) is -0.742. The second kappa shape index (κ2) is 4.82. The van der Waals surface area contributed by atoms with Crippen molar-refractivity contribution in [2.24, 2.45) is 5.92 Å². The van der Waals surface area contributed by atoms with Gasteiger partial charge in [-0.1, -0.05) is 6.92 Å². The summed E-state index contributed by atoms with van der Waals surface area (Å²) in [6, 6.07) is -0.262. The summed E-state index contributed by atoms with van der Waals surface area (Å²) in [5, 5.41) is 14.6. The summed E-state index contributed by atoms with van der Waals surface area (Å²) >= 11 is 0. The molecule has 16 heavy (non-hydrogen) atoms. The fraction of sp³-hybridized carbons (Fsp3) is 0.818. The Balaban J connectivity index is 2.55. The van der Waals surface area contributed by atoms with Gasteiger partial charge in [0.1, 0.15) is 5.54 Å². The largest absolute Gasteiger partial charge is 0.480 e. The van der Waals surface area contributed by atoms with Crippen LogP contribution in [0.4, 0.5) is 0 Å². The number of nitrogens with one attached hydrogen (secondary N) is 2. The number of carboxylic acid groups (broad SMARTS) is 1. The Hall–Kier alpha value is -1.10. The number of hydrogen-bond donors (Lipinski definition) is 3. The van der Waals surface area contributed by atoms with E-state index in [0.717, 1.165) is 19.4 Å². The third-order valence-corrected chi connectivity index (χ3v) is 2.95. The Morgan fingerprint density at radius 1 is 1.44 bits per heavy atom. The van der Waals surface area contributed by atoms with E-state index in [9.17, 15) is 9.59 Å². The molecule has 3 N–H and O–H groups in total. The second-order valence-electron chi connectivity index (χ2n) is 5.06. The van der Waals surface area contributed by atoms with Gasteiger partial charge in [0.05, 0.1) is 6.04 Å². The molecule has 1 heterocycles. The Morgan fingerprint density at radius 3 is 2.56 bits per heavy atom. The minimum Gasteiger partial charge on any atom is -0.480 e. The first-order valence-corrected chi connectivity index (χ1v) is 5.61. The van der Waals surface area contributed by atoms with Crippen molar-refractivity contribution in [2.45, 2.75) is 45.2 Å². The second-order valence-corrected chi connectivity index (χ2v) is 5.06. The van der Waals surface area contributed by atoms with E-state index in [2.05, 4.69) is 17.6 Å². The molecule has 1 amide bonds. The van der Waals surface area contributed by atoms with Crippen molar-refractivity contribution in [3.63, 3.8) is 0 Å². The van der Waals surface area contributed by atoms with Crippen molar-refractivity contribution in [3.8, 4) is 0 Å². The SMILES string of the molecule is CC1CCNC(C(=O)NC(C)(C)C(=O)O)C1. The lowest BCUT2D eigenvalue weighted by atomic mass is 9.93. The quantitative estimate of drug-likeness (QED) is 0.651. The molecule has 0 aromatic carbocycles. The van der Waals surface area contributed by atoms with Crippen LogP contribution in [0.25, 0.3) is 0 Å². The molecular weight excluding hydrogens is 208 g/mol. The van der Waals surface area contributed by atoms with Crippen LogP contribution in [-0.4, -0.2) is 35.1 Å². The monoisotopic (exact) mass is 228 g/mol. The molecule has 0 aromatic rings. The van der Waals surface area contributed by atoms with Gasteiger partial charge in [-0.2, -0.15) is 0 Å². The van der Waals surface area contributed by atoms with Gasteiger partial charge in [-0.05, 0) is 39.2 Å². The van der Waals surface area contributed by atoms with Crippen LogP contribution in [0.3, 0.4) is 0 Å². The van der Waals surface area contributed by atoms with Crippen molar-refractivity contribution in [3.05, 3.63) is 0 Å². The predicted molar refractivity (Wildman–Crippen MR) is 60.0 cm³/mol. The van der Waals surface area contributed by atoms with Crippen molar-refractivity contribution >= 4 is 11.9 Å². The third kappa shape index (κ3) is 3.20. The summed E-state index contributed by atoms with van der Waals surface area (Å²) in [7, 11) is 0. The maximum Gasteiger partial charge on any atom is 0.328 e. The molecule has 1 fully saturated rings. The van der Waals surface area contributed by atoms with Crippen LogP contribution >= 0.6 is 0 Å². The van der Waals surface area contributed by atoms with Gasteiger partial charge < -0.3 is 15.7 Å². The van der Waals surface area contributed by atoms with Crippen molar-refractivity contribution in [2.75, 3.05) is 6.54 Å². The average molecular weight is 228 g/mol.